The van der Waals surface area contributed by atoms with Crippen LogP contribution >= 0.6 is 0 Å². The molecule has 0 aliphatic rings. The number of hydrogen-bond acceptors (Lipinski definition) is 7. The molecule has 99 heavy (non-hydrogen) atoms. The van der Waals surface area contributed by atoms with E-state index in [4.69, 9.17) is 18.9 Å². The molecule has 2 atom stereocenters. The number of ether oxygens (including phenoxy) is 4. The normalized spacial score (nSPS) is 13.6. The standard InChI is InChI=1S/C90H149NO8/c1-6-8-10-12-14-16-18-20-22-24-26-28-30-32-34-36-38-40-42-44-46-48-50-52-54-56-58-60-62-64-66-68-70-72-74-76-78-80-87(92)97-84-86(85-98-90(89(94)95)96-83-82-91(3,4)5)99-88(93)81-79-77-75-73-71-69-67-65-63-61-59-57-55-53-51-49-47-45-43-41-39-37-35-33-31-29-27-25-23-21-19-17-15-13-11-9-7-2/h8-11,14-17,20-23,26-29,32-35,38-41,44-47,86,90H,6-7,12-13,18-19,24-25,30-31,36-37,42-43,48-85H2,1-5H3/p+1/b10-8-,11-9-,16-14-,17-15-,22-20-,23-21-,28-26-,29-27-,34-32-,35-33-,40-38-,41-39-,46-44-,47-45-. The van der Waals surface area contributed by atoms with E-state index >= 15 is 0 Å². The van der Waals surface area contributed by atoms with Crippen molar-refractivity contribution in [2.24, 2.45) is 0 Å². The van der Waals surface area contributed by atoms with Gasteiger partial charge in [-0.3, -0.25) is 9.59 Å². The molecule has 1 N–H and O–H groups in total. The fraction of sp³-hybridized carbons (Fsp3) is 0.656. The van der Waals surface area contributed by atoms with E-state index in [1.165, 1.54) is 167 Å². The van der Waals surface area contributed by atoms with E-state index in [0.29, 0.717) is 23.9 Å². The summed E-state index contributed by atoms with van der Waals surface area (Å²) in [5, 5.41) is 9.78. The molecule has 0 aromatic heterocycles. The van der Waals surface area contributed by atoms with Gasteiger partial charge >= 0.3 is 17.9 Å². The van der Waals surface area contributed by atoms with Crippen LogP contribution in [0.15, 0.2) is 170 Å². The van der Waals surface area contributed by atoms with Crippen LogP contribution in [0.3, 0.4) is 0 Å². The Morgan fingerprint density at radius 2 is 0.545 bits per heavy atom. The molecule has 0 fully saturated rings. The first-order valence-electron chi connectivity index (χ1n) is 40.3. The molecule has 0 aromatic carbocycles. The van der Waals surface area contributed by atoms with Gasteiger partial charge in [-0.2, -0.15) is 0 Å². The first-order valence-corrected chi connectivity index (χ1v) is 40.3. The molecule has 0 spiro atoms. The molecule has 562 valence electrons. The summed E-state index contributed by atoms with van der Waals surface area (Å²) >= 11 is 0. The van der Waals surface area contributed by atoms with Gasteiger partial charge in [-0.25, -0.2) is 4.79 Å². The summed E-state index contributed by atoms with van der Waals surface area (Å²) in [6.45, 7) is 4.66. The predicted molar refractivity (Wildman–Crippen MR) is 428 cm³/mol. The zero-order valence-electron chi connectivity index (χ0n) is 64.3. The summed E-state index contributed by atoms with van der Waals surface area (Å²) in [6.07, 6.45) is 115. The Hall–Kier alpha value is -5.35. The van der Waals surface area contributed by atoms with Crippen LogP contribution in [0, 0.1) is 0 Å². The molecule has 0 amide bonds. The first kappa shape index (κ1) is 93.6. The highest BCUT2D eigenvalue weighted by atomic mass is 16.7. The minimum Gasteiger partial charge on any atom is -0.477 e. The highest BCUT2D eigenvalue weighted by Gasteiger charge is 2.25. The first-order chi connectivity index (χ1) is 48.6. The van der Waals surface area contributed by atoms with Gasteiger partial charge in [0.1, 0.15) is 13.2 Å². The molecule has 0 saturated carbocycles. The number of esters is 2. The number of carboxylic acids is 1. The van der Waals surface area contributed by atoms with Crippen molar-refractivity contribution in [1.29, 1.82) is 0 Å². The number of carbonyl (C=O) groups is 3. The summed E-state index contributed by atoms with van der Waals surface area (Å²) in [6, 6.07) is 0. The lowest BCUT2D eigenvalue weighted by molar-refractivity contribution is -0.870. The number of quaternary nitrogens is 1. The minimum atomic E-state index is -1.52. The van der Waals surface area contributed by atoms with Crippen molar-refractivity contribution < 1.29 is 42.9 Å². The van der Waals surface area contributed by atoms with Crippen LogP contribution < -0.4 is 0 Å². The Bertz CT molecular complexity index is 2240. The van der Waals surface area contributed by atoms with Crippen LogP contribution in [0.4, 0.5) is 0 Å². The number of hydrogen-bond donors (Lipinski definition) is 1. The fourth-order valence-electron chi connectivity index (χ4n) is 10.9. The maximum atomic E-state index is 13.0. The highest BCUT2D eigenvalue weighted by Crippen LogP contribution is 2.18. The molecule has 9 heteroatoms. The van der Waals surface area contributed by atoms with Crippen molar-refractivity contribution in [3.05, 3.63) is 170 Å². The Labute approximate surface area is 609 Å². The summed E-state index contributed by atoms with van der Waals surface area (Å²) in [4.78, 5) is 37.8. The number of nitrogens with zero attached hydrogens (tertiary/aromatic N) is 1. The largest absolute Gasteiger partial charge is 0.477 e. The maximum Gasteiger partial charge on any atom is 0.361 e. The van der Waals surface area contributed by atoms with E-state index < -0.39 is 24.3 Å². The van der Waals surface area contributed by atoms with Crippen LogP contribution in [0.25, 0.3) is 0 Å². The quantitative estimate of drug-likeness (QED) is 0.0211. The number of rotatable bonds is 73. The lowest BCUT2D eigenvalue weighted by atomic mass is 10.0. The number of carbonyl (C=O) groups excluding carboxylic acids is 2. The molecule has 0 bridgehead atoms. The van der Waals surface area contributed by atoms with E-state index in [0.717, 1.165) is 122 Å². The summed E-state index contributed by atoms with van der Waals surface area (Å²) in [5.74, 6) is -2.00. The molecule has 9 nitrogen and oxygen atoms in total. The lowest BCUT2D eigenvalue weighted by Gasteiger charge is -2.25. The van der Waals surface area contributed by atoms with Crippen molar-refractivity contribution >= 4 is 17.9 Å². The van der Waals surface area contributed by atoms with E-state index in [1.54, 1.807) is 0 Å². The van der Waals surface area contributed by atoms with Gasteiger partial charge in [0.25, 0.3) is 6.29 Å². The average Bonchev–Trinajstić information content (AvgIpc) is 1.41. The molecule has 0 radical (unpaired) electrons. The molecule has 0 heterocycles. The van der Waals surface area contributed by atoms with Gasteiger partial charge in [0.05, 0.1) is 34.4 Å². The van der Waals surface area contributed by atoms with Gasteiger partial charge < -0.3 is 28.5 Å². The zero-order valence-corrected chi connectivity index (χ0v) is 64.3. The Morgan fingerprint density at radius 3 is 0.808 bits per heavy atom. The molecule has 0 aromatic rings. The fourth-order valence-corrected chi connectivity index (χ4v) is 10.9. The van der Waals surface area contributed by atoms with Crippen molar-refractivity contribution in [2.45, 2.75) is 334 Å². The third-order valence-electron chi connectivity index (χ3n) is 17.0. The van der Waals surface area contributed by atoms with Gasteiger partial charge in [-0.1, -0.05) is 351 Å². The summed E-state index contributed by atoms with van der Waals surface area (Å²) in [5.41, 5.74) is 0. The second kappa shape index (κ2) is 78.4. The van der Waals surface area contributed by atoms with Crippen LogP contribution in [-0.4, -0.2) is 87.4 Å². The van der Waals surface area contributed by atoms with Gasteiger partial charge in [-0.05, 0) is 128 Å². The topological polar surface area (TPSA) is 108 Å². The van der Waals surface area contributed by atoms with E-state index in [-0.39, 0.29) is 32.2 Å². The van der Waals surface area contributed by atoms with Gasteiger partial charge in [0.2, 0.25) is 0 Å². The monoisotopic (exact) mass is 1370 g/mol. The van der Waals surface area contributed by atoms with E-state index in [2.05, 4.69) is 184 Å². The van der Waals surface area contributed by atoms with Crippen molar-refractivity contribution in [1.82, 2.24) is 0 Å². The molecule has 0 saturated heterocycles. The van der Waals surface area contributed by atoms with E-state index in [9.17, 15) is 19.5 Å². The van der Waals surface area contributed by atoms with Gasteiger partial charge in [0.15, 0.2) is 6.10 Å². The molecule has 0 rings (SSSR count). The number of aliphatic carboxylic acids is 1. The summed E-state index contributed by atoms with van der Waals surface area (Å²) in [7, 11) is 5.98. The second-order valence-electron chi connectivity index (χ2n) is 27.6. The van der Waals surface area contributed by atoms with Crippen LogP contribution in [-0.2, 0) is 33.3 Å². The third-order valence-corrected chi connectivity index (χ3v) is 17.0. The Morgan fingerprint density at radius 1 is 0.303 bits per heavy atom. The molecule has 0 aliphatic carbocycles. The molecular weight excluding hydrogens is 1220 g/mol. The van der Waals surface area contributed by atoms with Crippen molar-refractivity contribution in [2.75, 3.05) is 47.5 Å². The van der Waals surface area contributed by atoms with E-state index in [1.807, 2.05) is 21.1 Å². The smallest absolute Gasteiger partial charge is 0.361 e. The number of allylic oxidation sites excluding steroid dienone is 28. The lowest BCUT2D eigenvalue weighted by Crippen LogP contribution is -2.40. The highest BCUT2D eigenvalue weighted by molar-refractivity contribution is 5.71. The van der Waals surface area contributed by atoms with Gasteiger partial charge in [0, 0.05) is 12.8 Å². The second-order valence-corrected chi connectivity index (χ2v) is 27.6. The zero-order chi connectivity index (χ0) is 71.8. The van der Waals surface area contributed by atoms with Crippen LogP contribution in [0.2, 0.25) is 0 Å². The molecule has 0 aliphatic heterocycles. The molecule has 2 unspecified atom stereocenters. The SMILES string of the molecule is CC/C=C\C/C=C\C/C=C\C/C=C\C/C=C\C/C=C\C/C=C\CCCCCCCCCCCCCCCCCC(=O)OCC(COC(OCC[N+](C)(C)C)C(=O)O)OC(=O)CCCCCCCCCCCCCCCCC/C=C\C/C=C\C/C=C\C/C=C\C/C=C\C/C=C\C/C=C\CC. The molecular formula is C90H150NO8+. The number of likely N-dealkylation sites (N-methyl/N-ethyl adjacent to an activating group) is 1. The van der Waals surface area contributed by atoms with Gasteiger partial charge in [-0.15, -0.1) is 0 Å². The van der Waals surface area contributed by atoms with Crippen molar-refractivity contribution in [3.63, 3.8) is 0 Å². The Balaban J connectivity index is 4.06. The minimum absolute atomic E-state index is 0.182. The van der Waals surface area contributed by atoms with Crippen LogP contribution in [0.5, 0.6) is 0 Å². The maximum absolute atomic E-state index is 13.0. The van der Waals surface area contributed by atoms with Crippen molar-refractivity contribution in [3.8, 4) is 0 Å². The predicted octanol–water partition coefficient (Wildman–Crippen LogP) is 26.1. The number of unbranched alkanes of at least 4 members (excludes halogenated alkanes) is 30. The number of carboxylic acid groups (broad SMARTS) is 1. The Kier molecular flexibility index (Phi) is 74.1. The third kappa shape index (κ3) is 79.8. The summed E-state index contributed by atoms with van der Waals surface area (Å²) < 4.78 is 23.1. The van der Waals surface area contributed by atoms with Crippen LogP contribution in [0.1, 0.15) is 322 Å². The average molecular weight is 1370 g/mol.